The maximum Gasteiger partial charge on any atom is 0.238 e. The van der Waals surface area contributed by atoms with Gasteiger partial charge in [-0.1, -0.05) is 13.8 Å². The van der Waals surface area contributed by atoms with Crippen LogP contribution in [0.4, 0.5) is 0 Å². The highest BCUT2D eigenvalue weighted by molar-refractivity contribution is 7.92. The van der Waals surface area contributed by atoms with Gasteiger partial charge in [0, 0.05) is 18.3 Å². The first-order valence-corrected chi connectivity index (χ1v) is 8.53. The average molecular weight is 276 g/mol. The minimum absolute atomic E-state index is 0.0327. The van der Waals surface area contributed by atoms with Gasteiger partial charge in [-0.3, -0.25) is 4.79 Å². The van der Waals surface area contributed by atoms with E-state index in [-0.39, 0.29) is 23.5 Å². The molecule has 1 aliphatic heterocycles. The Balaban J connectivity index is 2.68. The Morgan fingerprint density at radius 3 is 2.39 bits per heavy atom. The largest absolute Gasteiger partial charge is 0.339 e. The number of hydrogen-bond donors (Lipinski definition) is 1. The fourth-order valence-corrected chi connectivity index (χ4v) is 2.99. The Morgan fingerprint density at radius 1 is 1.28 bits per heavy atom. The van der Waals surface area contributed by atoms with Crippen molar-refractivity contribution in [2.75, 3.05) is 31.1 Å². The molecule has 5 nitrogen and oxygen atoms in total. The minimum Gasteiger partial charge on any atom is -0.339 e. The first kappa shape index (κ1) is 15.4. The zero-order valence-corrected chi connectivity index (χ0v) is 12.1. The minimum atomic E-state index is -3.23. The number of hydrogen-bond acceptors (Lipinski definition) is 4. The van der Waals surface area contributed by atoms with Crippen molar-refractivity contribution in [3.63, 3.8) is 0 Å². The van der Waals surface area contributed by atoms with Crippen molar-refractivity contribution in [2.45, 2.75) is 39.2 Å². The molecular formula is C12H24N2O3S. The van der Waals surface area contributed by atoms with Gasteiger partial charge in [-0.15, -0.1) is 0 Å². The zero-order chi connectivity index (χ0) is 13.6. The molecule has 106 valence electrons. The van der Waals surface area contributed by atoms with Crippen LogP contribution in [-0.4, -0.2) is 56.4 Å². The third-order valence-electron chi connectivity index (χ3n) is 3.32. The summed E-state index contributed by atoms with van der Waals surface area (Å²) in [6, 6.07) is 0.200. The van der Waals surface area contributed by atoms with Crippen LogP contribution in [0.1, 0.15) is 33.1 Å². The van der Waals surface area contributed by atoms with E-state index >= 15 is 0 Å². The second kappa shape index (κ2) is 7.09. The molecule has 1 fully saturated rings. The van der Waals surface area contributed by atoms with E-state index in [0.29, 0.717) is 6.54 Å². The molecule has 1 amide bonds. The molecule has 0 radical (unpaired) electrons. The summed E-state index contributed by atoms with van der Waals surface area (Å²) >= 11 is 0. The first-order chi connectivity index (χ1) is 8.50. The Morgan fingerprint density at radius 2 is 1.89 bits per heavy atom. The molecule has 0 aliphatic carbocycles. The summed E-state index contributed by atoms with van der Waals surface area (Å²) in [6.07, 6.45) is 2.69. The molecule has 0 saturated carbocycles. The number of nitrogens with zero attached hydrogens (tertiary/aromatic N) is 1. The number of amides is 1. The van der Waals surface area contributed by atoms with Crippen molar-refractivity contribution in [2.24, 2.45) is 0 Å². The van der Waals surface area contributed by atoms with Crippen LogP contribution in [0.2, 0.25) is 0 Å². The van der Waals surface area contributed by atoms with Gasteiger partial charge in [-0.2, -0.15) is 0 Å². The standard InChI is InChI=1S/C12H24N2O3S/c1-3-9-14(11-5-7-13-8-6-11)12(15)10-18(16,17)4-2/h11,13H,3-10H2,1-2H3. The molecule has 0 spiro atoms. The van der Waals surface area contributed by atoms with Crippen molar-refractivity contribution in [1.82, 2.24) is 10.2 Å². The third kappa shape index (κ3) is 4.57. The molecule has 0 aromatic rings. The Hall–Kier alpha value is -0.620. The predicted molar refractivity (Wildman–Crippen MR) is 72.2 cm³/mol. The van der Waals surface area contributed by atoms with Gasteiger partial charge < -0.3 is 10.2 Å². The van der Waals surface area contributed by atoms with Crippen molar-refractivity contribution in [3.8, 4) is 0 Å². The normalized spacial score (nSPS) is 17.7. The van der Waals surface area contributed by atoms with Crippen LogP contribution in [-0.2, 0) is 14.6 Å². The summed E-state index contributed by atoms with van der Waals surface area (Å²) < 4.78 is 23.1. The lowest BCUT2D eigenvalue weighted by Crippen LogP contribution is -2.48. The van der Waals surface area contributed by atoms with Gasteiger partial charge in [0.25, 0.3) is 0 Å². The Bertz CT molecular complexity index is 362. The number of piperidine rings is 1. The van der Waals surface area contributed by atoms with Crippen molar-refractivity contribution in [1.29, 1.82) is 0 Å². The molecule has 1 aliphatic rings. The van der Waals surface area contributed by atoms with E-state index in [4.69, 9.17) is 0 Å². The first-order valence-electron chi connectivity index (χ1n) is 6.70. The summed E-state index contributed by atoms with van der Waals surface area (Å²) in [4.78, 5) is 13.9. The van der Waals surface area contributed by atoms with Crippen LogP contribution >= 0.6 is 0 Å². The fourth-order valence-electron chi connectivity index (χ4n) is 2.24. The Kier molecular flexibility index (Phi) is 6.08. The number of sulfone groups is 1. The lowest BCUT2D eigenvalue weighted by atomic mass is 10.0. The molecule has 0 aromatic carbocycles. The summed E-state index contributed by atoms with van der Waals surface area (Å²) in [5, 5.41) is 3.25. The topological polar surface area (TPSA) is 66.5 Å². The highest BCUT2D eigenvalue weighted by atomic mass is 32.2. The van der Waals surface area contributed by atoms with E-state index in [0.717, 1.165) is 32.4 Å². The van der Waals surface area contributed by atoms with Gasteiger partial charge in [0.1, 0.15) is 5.75 Å². The molecule has 0 aromatic heterocycles. The molecule has 0 unspecified atom stereocenters. The molecule has 6 heteroatoms. The number of carbonyl (C=O) groups excluding carboxylic acids is 1. The summed E-state index contributed by atoms with van der Waals surface area (Å²) in [6.45, 7) is 6.05. The van der Waals surface area contributed by atoms with Crippen molar-refractivity contribution >= 4 is 15.7 Å². The van der Waals surface area contributed by atoms with E-state index in [9.17, 15) is 13.2 Å². The van der Waals surface area contributed by atoms with Gasteiger partial charge in [-0.25, -0.2) is 8.42 Å². The van der Waals surface area contributed by atoms with Crippen LogP contribution in [0.15, 0.2) is 0 Å². The third-order valence-corrected chi connectivity index (χ3v) is 4.88. The second-order valence-electron chi connectivity index (χ2n) is 4.74. The summed E-state index contributed by atoms with van der Waals surface area (Å²) in [7, 11) is -3.23. The molecule has 1 rings (SSSR count). The highest BCUT2D eigenvalue weighted by Crippen LogP contribution is 2.13. The fraction of sp³-hybridized carbons (Fsp3) is 0.917. The quantitative estimate of drug-likeness (QED) is 0.763. The zero-order valence-electron chi connectivity index (χ0n) is 11.3. The maximum atomic E-state index is 12.1. The van der Waals surface area contributed by atoms with Gasteiger partial charge in [0.05, 0.1) is 0 Å². The lowest BCUT2D eigenvalue weighted by Gasteiger charge is -2.34. The van der Waals surface area contributed by atoms with Crippen LogP contribution in [0.3, 0.4) is 0 Å². The van der Waals surface area contributed by atoms with Gasteiger partial charge in [-0.05, 0) is 32.4 Å². The van der Waals surface area contributed by atoms with Crippen LogP contribution in [0, 0.1) is 0 Å². The van der Waals surface area contributed by atoms with Crippen LogP contribution in [0.5, 0.6) is 0 Å². The summed E-state index contributed by atoms with van der Waals surface area (Å²) in [5.74, 6) is -0.538. The van der Waals surface area contributed by atoms with E-state index in [2.05, 4.69) is 5.32 Å². The van der Waals surface area contributed by atoms with Gasteiger partial charge >= 0.3 is 0 Å². The maximum absolute atomic E-state index is 12.1. The lowest BCUT2D eigenvalue weighted by molar-refractivity contribution is -0.131. The SMILES string of the molecule is CCCN(C(=O)CS(=O)(=O)CC)C1CCNCC1. The smallest absolute Gasteiger partial charge is 0.238 e. The molecule has 0 bridgehead atoms. The van der Waals surface area contributed by atoms with E-state index < -0.39 is 9.84 Å². The monoisotopic (exact) mass is 276 g/mol. The van der Waals surface area contributed by atoms with Crippen LogP contribution in [0.25, 0.3) is 0 Å². The van der Waals surface area contributed by atoms with E-state index in [1.807, 2.05) is 6.92 Å². The molecule has 1 heterocycles. The number of carbonyl (C=O) groups is 1. The predicted octanol–water partition coefficient (Wildman–Crippen LogP) is 0.412. The summed E-state index contributed by atoms with van der Waals surface area (Å²) in [5.41, 5.74) is 0. The Labute approximate surface area is 110 Å². The number of nitrogens with one attached hydrogen (secondary N) is 1. The number of rotatable bonds is 6. The molecule has 0 atom stereocenters. The van der Waals surface area contributed by atoms with Crippen molar-refractivity contribution < 1.29 is 13.2 Å². The van der Waals surface area contributed by atoms with Gasteiger partial charge in [0.2, 0.25) is 5.91 Å². The molecule has 18 heavy (non-hydrogen) atoms. The highest BCUT2D eigenvalue weighted by Gasteiger charge is 2.27. The van der Waals surface area contributed by atoms with Crippen molar-refractivity contribution in [3.05, 3.63) is 0 Å². The van der Waals surface area contributed by atoms with E-state index in [1.165, 1.54) is 0 Å². The van der Waals surface area contributed by atoms with Gasteiger partial charge in [0.15, 0.2) is 9.84 Å². The average Bonchev–Trinajstić information content (AvgIpc) is 2.36. The van der Waals surface area contributed by atoms with E-state index in [1.54, 1.807) is 11.8 Å². The molecule has 1 saturated heterocycles. The van der Waals surface area contributed by atoms with Crippen LogP contribution < -0.4 is 5.32 Å². The molecule has 1 N–H and O–H groups in total. The second-order valence-corrected chi connectivity index (χ2v) is 7.10. The molecular weight excluding hydrogens is 252 g/mol.